The van der Waals surface area contributed by atoms with Crippen LogP contribution in [0.4, 0.5) is 0 Å². The number of aryl methyl sites for hydroxylation is 2. The first-order valence-electron chi connectivity index (χ1n) is 3.66. The maximum Gasteiger partial charge on any atom is 0.165 e. The minimum atomic E-state index is 0.731. The minimum absolute atomic E-state index is 0.731. The van der Waals surface area contributed by atoms with E-state index in [4.69, 9.17) is 11.6 Å². The van der Waals surface area contributed by atoms with Gasteiger partial charge in [0.05, 0.1) is 0 Å². The van der Waals surface area contributed by atoms with Crippen LogP contribution in [0.2, 0.25) is 5.02 Å². The van der Waals surface area contributed by atoms with E-state index in [2.05, 4.69) is 10.2 Å². The second-order valence-electron chi connectivity index (χ2n) is 2.73. The Morgan fingerprint density at radius 1 is 1.33 bits per heavy atom. The van der Waals surface area contributed by atoms with Crippen molar-refractivity contribution in [2.45, 2.75) is 13.8 Å². The molecule has 3 nitrogen and oxygen atoms in total. The topological polar surface area (TPSA) is 30.2 Å². The summed E-state index contributed by atoms with van der Waals surface area (Å²) in [5.41, 5.74) is 1.81. The Bertz CT molecular complexity index is 433. The first kappa shape index (κ1) is 7.55. The smallest absolute Gasteiger partial charge is 0.165 e. The first-order chi connectivity index (χ1) is 5.70. The van der Waals surface area contributed by atoms with Gasteiger partial charge in [-0.3, -0.25) is 4.40 Å². The van der Waals surface area contributed by atoms with Crippen molar-refractivity contribution in [2.24, 2.45) is 0 Å². The van der Waals surface area contributed by atoms with Gasteiger partial charge in [-0.25, -0.2) is 0 Å². The third kappa shape index (κ3) is 0.898. The maximum atomic E-state index is 5.92. The highest BCUT2D eigenvalue weighted by atomic mass is 35.5. The molecule has 2 aromatic rings. The number of aromatic nitrogens is 3. The van der Waals surface area contributed by atoms with Gasteiger partial charge in [-0.05, 0) is 19.9 Å². The van der Waals surface area contributed by atoms with Crippen LogP contribution in [0.5, 0.6) is 0 Å². The zero-order chi connectivity index (χ0) is 8.72. The Labute approximate surface area is 75.0 Å². The molecule has 4 heteroatoms. The molecule has 0 spiro atoms. The van der Waals surface area contributed by atoms with Crippen molar-refractivity contribution in [1.29, 1.82) is 0 Å². The highest BCUT2D eigenvalue weighted by Gasteiger charge is 2.05. The molecule has 0 saturated heterocycles. The number of hydrogen-bond donors (Lipinski definition) is 0. The molecule has 0 bridgehead atoms. The number of fused-ring (bicyclic) bond motifs is 1. The van der Waals surface area contributed by atoms with Crippen molar-refractivity contribution in [3.05, 3.63) is 28.7 Å². The molecule has 2 rings (SSSR count). The van der Waals surface area contributed by atoms with Crippen molar-refractivity contribution < 1.29 is 0 Å². The van der Waals surface area contributed by atoms with Crippen molar-refractivity contribution >= 4 is 17.2 Å². The standard InChI is InChI=1S/C8H8ClN3/c1-5-7(9)3-4-12-6(2)10-11-8(5)12/h3-4H,1-2H3. The van der Waals surface area contributed by atoms with E-state index in [1.807, 2.05) is 30.5 Å². The molecule has 0 saturated carbocycles. The normalized spacial score (nSPS) is 10.9. The lowest BCUT2D eigenvalue weighted by atomic mass is 10.3. The van der Waals surface area contributed by atoms with Crippen LogP contribution in [0.15, 0.2) is 12.3 Å². The average molecular weight is 182 g/mol. The highest BCUT2D eigenvalue weighted by Crippen LogP contribution is 2.18. The summed E-state index contributed by atoms with van der Waals surface area (Å²) in [7, 11) is 0. The molecule has 0 aromatic carbocycles. The molecular formula is C8H8ClN3. The van der Waals surface area contributed by atoms with Gasteiger partial charge in [0.1, 0.15) is 5.82 Å². The molecule has 62 valence electrons. The number of halogens is 1. The molecule has 0 fully saturated rings. The van der Waals surface area contributed by atoms with Crippen molar-refractivity contribution in [2.75, 3.05) is 0 Å². The van der Waals surface area contributed by atoms with Crippen LogP contribution in [0.1, 0.15) is 11.4 Å². The van der Waals surface area contributed by atoms with Crippen LogP contribution in [0.25, 0.3) is 5.65 Å². The third-order valence-electron chi connectivity index (χ3n) is 1.93. The zero-order valence-corrected chi connectivity index (χ0v) is 7.63. The van der Waals surface area contributed by atoms with Crippen molar-refractivity contribution in [3.63, 3.8) is 0 Å². The van der Waals surface area contributed by atoms with Gasteiger partial charge < -0.3 is 0 Å². The molecule has 0 unspecified atom stereocenters. The fourth-order valence-corrected chi connectivity index (χ4v) is 1.32. The van der Waals surface area contributed by atoms with Crippen molar-refractivity contribution in [3.8, 4) is 0 Å². The lowest BCUT2D eigenvalue weighted by Gasteiger charge is -1.99. The van der Waals surface area contributed by atoms with E-state index in [0.29, 0.717) is 0 Å². The molecule has 0 N–H and O–H groups in total. The Morgan fingerprint density at radius 2 is 2.08 bits per heavy atom. The monoisotopic (exact) mass is 181 g/mol. The van der Waals surface area contributed by atoms with Crippen LogP contribution in [0, 0.1) is 13.8 Å². The summed E-state index contributed by atoms with van der Waals surface area (Å²) in [6, 6.07) is 1.85. The zero-order valence-electron chi connectivity index (χ0n) is 6.87. The minimum Gasteiger partial charge on any atom is -0.286 e. The summed E-state index contributed by atoms with van der Waals surface area (Å²) < 4.78 is 1.92. The first-order valence-corrected chi connectivity index (χ1v) is 4.04. The Kier molecular flexibility index (Phi) is 1.54. The Hall–Kier alpha value is -1.09. The maximum absolute atomic E-state index is 5.92. The summed E-state index contributed by atoms with van der Waals surface area (Å²) in [5, 5.41) is 8.69. The largest absolute Gasteiger partial charge is 0.286 e. The van der Waals surface area contributed by atoms with Crippen LogP contribution < -0.4 is 0 Å². The molecule has 2 heterocycles. The van der Waals surface area contributed by atoms with E-state index in [1.54, 1.807) is 0 Å². The molecule has 0 aliphatic rings. The SMILES string of the molecule is Cc1c(Cl)ccn2c(C)nnc12. The highest BCUT2D eigenvalue weighted by molar-refractivity contribution is 6.31. The van der Waals surface area contributed by atoms with Gasteiger partial charge in [0, 0.05) is 16.8 Å². The van der Waals surface area contributed by atoms with Crippen LogP contribution in [-0.4, -0.2) is 14.6 Å². The lowest BCUT2D eigenvalue weighted by molar-refractivity contribution is 1.01. The van der Waals surface area contributed by atoms with E-state index in [9.17, 15) is 0 Å². The second-order valence-corrected chi connectivity index (χ2v) is 3.14. The van der Waals surface area contributed by atoms with Crippen LogP contribution in [0.3, 0.4) is 0 Å². The number of hydrogen-bond acceptors (Lipinski definition) is 2. The van der Waals surface area contributed by atoms with E-state index < -0.39 is 0 Å². The average Bonchev–Trinajstić information content (AvgIpc) is 2.41. The molecule has 0 radical (unpaired) electrons. The number of nitrogens with zero attached hydrogens (tertiary/aromatic N) is 3. The van der Waals surface area contributed by atoms with Gasteiger partial charge in [0.15, 0.2) is 5.65 Å². The van der Waals surface area contributed by atoms with Gasteiger partial charge in [-0.2, -0.15) is 0 Å². The fraction of sp³-hybridized carbons (Fsp3) is 0.250. The predicted octanol–water partition coefficient (Wildman–Crippen LogP) is 2.00. The van der Waals surface area contributed by atoms with E-state index in [-0.39, 0.29) is 0 Å². The molecule has 0 atom stereocenters. The van der Waals surface area contributed by atoms with Crippen LogP contribution in [-0.2, 0) is 0 Å². The molecule has 12 heavy (non-hydrogen) atoms. The Balaban J connectivity index is 2.93. The summed E-state index contributed by atoms with van der Waals surface area (Å²) >= 11 is 5.92. The summed E-state index contributed by atoms with van der Waals surface area (Å²) in [4.78, 5) is 0. The summed E-state index contributed by atoms with van der Waals surface area (Å²) in [6.45, 7) is 3.85. The summed E-state index contributed by atoms with van der Waals surface area (Å²) in [5.74, 6) is 0.879. The second kappa shape index (κ2) is 2.45. The number of pyridine rings is 1. The van der Waals surface area contributed by atoms with Gasteiger partial charge in [-0.15, -0.1) is 10.2 Å². The van der Waals surface area contributed by atoms with E-state index >= 15 is 0 Å². The molecule has 2 aromatic heterocycles. The predicted molar refractivity (Wildman–Crippen MR) is 47.5 cm³/mol. The third-order valence-corrected chi connectivity index (χ3v) is 2.34. The molecular weight excluding hydrogens is 174 g/mol. The van der Waals surface area contributed by atoms with Gasteiger partial charge in [-0.1, -0.05) is 11.6 Å². The van der Waals surface area contributed by atoms with Gasteiger partial charge in [0.25, 0.3) is 0 Å². The fourth-order valence-electron chi connectivity index (χ4n) is 1.18. The molecule has 0 amide bonds. The quantitative estimate of drug-likeness (QED) is 0.622. The van der Waals surface area contributed by atoms with E-state index in [0.717, 1.165) is 22.1 Å². The molecule has 0 aliphatic carbocycles. The van der Waals surface area contributed by atoms with Crippen molar-refractivity contribution in [1.82, 2.24) is 14.6 Å². The van der Waals surface area contributed by atoms with E-state index in [1.165, 1.54) is 0 Å². The lowest BCUT2D eigenvalue weighted by Crippen LogP contribution is -1.89. The Morgan fingerprint density at radius 3 is 2.83 bits per heavy atom. The number of rotatable bonds is 0. The van der Waals surface area contributed by atoms with Gasteiger partial charge >= 0.3 is 0 Å². The molecule has 0 aliphatic heterocycles. The van der Waals surface area contributed by atoms with Crippen LogP contribution >= 0.6 is 11.6 Å². The van der Waals surface area contributed by atoms with Gasteiger partial charge in [0.2, 0.25) is 0 Å². The summed E-state index contributed by atoms with van der Waals surface area (Å²) in [6.07, 6.45) is 1.88.